The van der Waals surface area contributed by atoms with Crippen molar-refractivity contribution < 1.29 is 9.72 Å². The van der Waals surface area contributed by atoms with Gasteiger partial charge in [0.1, 0.15) is 11.6 Å². The first-order chi connectivity index (χ1) is 8.93. The Bertz CT molecular complexity index is 553. The number of hydrogen-bond acceptors (Lipinski definition) is 4. The first-order valence-electron chi connectivity index (χ1n) is 5.61. The molecule has 1 aromatic rings. The van der Waals surface area contributed by atoms with Crippen molar-refractivity contribution in [3.8, 4) is 6.07 Å². The van der Waals surface area contributed by atoms with E-state index in [4.69, 9.17) is 5.26 Å². The lowest BCUT2D eigenvalue weighted by Gasteiger charge is -2.06. The zero-order valence-electron chi connectivity index (χ0n) is 10.6. The Morgan fingerprint density at radius 1 is 1.42 bits per heavy atom. The third-order valence-corrected chi connectivity index (χ3v) is 2.20. The van der Waals surface area contributed by atoms with E-state index in [1.807, 2.05) is 6.07 Å². The van der Waals surface area contributed by atoms with Gasteiger partial charge in [0, 0.05) is 18.2 Å². The minimum atomic E-state index is -0.510. The lowest BCUT2D eigenvalue weighted by atomic mass is 10.1. The van der Waals surface area contributed by atoms with E-state index in [9.17, 15) is 14.9 Å². The predicted molar refractivity (Wildman–Crippen MR) is 70.0 cm³/mol. The van der Waals surface area contributed by atoms with Gasteiger partial charge in [0.05, 0.1) is 4.92 Å². The first-order valence-corrected chi connectivity index (χ1v) is 5.61. The van der Waals surface area contributed by atoms with Crippen LogP contribution < -0.4 is 5.32 Å². The summed E-state index contributed by atoms with van der Waals surface area (Å²) >= 11 is 0. The molecule has 0 bridgehead atoms. The van der Waals surface area contributed by atoms with Crippen LogP contribution in [0.4, 0.5) is 5.69 Å². The summed E-state index contributed by atoms with van der Waals surface area (Å²) in [5, 5.41) is 22.0. The standard InChI is InChI=1S/C13H13N3O3/c1-9(2)15-13(17)11(8-14)7-10-3-5-12(6-4-10)16(18)19/h3-7,9H,1-2H3,(H,15,17)/b11-7-. The van der Waals surface area contributed by atoms with Gasteiger partial charge in [-0.3, -0.25) is 14.9 Å². The molecule has 98 valence electrons. The number of rotatable bonds is 4. The Morgan fingerprint density at radius 2 is 2.00 bits per heavy atom. The van der Waals surface area contributed by atoms with Crippen LogP contribution in [0, 0.1) is 21.4 Å². The molecule has 0 saturated heterocycles. The lowest BCUT2D eigenvalue weighted by molar-refractivity contribution is -0.384. The molecule has 0 fully saturated rings. The molecule has 1 rings (SSSR count). The van der Waals surface area contributed by atoms with Crippen LogP contribution in [0.3, 0.4) is 0 Å². The number of nitro benzene ring substituents is 1. The summed E-state index contributed by atoms with van der Waals surface area (Å²) in [7, 11) is 0. The number of amides is 1. The highest BCUT2D eigenvalue weighted by atomic mass is 16.6. The summed E-state index contributed by atoms with van der Waals surface area (Å²) in [6.45, 7) is 3.58. The van der Waals surface area contributed by atoms with Crippen LogP contribution in [0.15, 0.2) is 29.8 Å². The van der Waals surface area contributed by atoms with E-state index in [0.29, 0.717) is 5.56 Å². The highest BCUT2D eigenvalue weighted by molar-refractivity contribution is 6.01. The second-order valence-corrected chi connectivity index (χ2v) is 4.15. The molecule has 19 heavy (non-hydrogen) atoms. The number of nitriles is 1. The van der Waals surface area contributed by atoms with Crippen molar-refractivity contribution in [1.82, 2.24) is 5.32 Å². The van der Waals surface area contributed by atoms with Crippen molar-refractivity contribution in [2.75, 3.05) is 0 Å². The van der Waals surface area contributed by atoms with Crippen LogP contribution in [0.25, 0.3) is 6.08 Å². The molecule has 0 spiro atoms. The SMILES string of the molecule is CC(C)NC(=O)/C(C#N)=C\c1ccc([N+](=O)[O-])cc1. The number of nitrogens with zero attached hydrogens (tertiary/aromatic N) is 2. The zero-order valence-corrected chi connectivity index (χ0v) is 10.6. The van der Waals surface area contributed by atoms with Crippen LogP contribution in [-0.2, 0) is 4.79 Å². The normalized spacial score (nSPS) is 10.9. The van der Waals surface area contributed by atoms with E-state index in [-0.39, 0.29) is 17.3 Å². The maximum atomic E-state index is 11.7. The summed E-state index contributed by atoms with van der Waals surface area (Å²) in [6.07, 6.45) is 1.39. The van der Waals surface area contributed by atoms with Gasteiger partial charge >= 0.3 is 0 Å². The highest BCUT2D eigenvalue weighted by Gasteiger charge is 2.10. The van der Waals surface area contributed by atoms with E-state index in [0.717, 1.165) is 0 Å². The Labute approximate surface area is 110 Å². The molecule has 0 aliphatic carbocycles. The van der Waals surface area contributed by atoms with Crippen LogP contribution in [0.5, 0.6) is 0 Å². The lowest BCUT2D eigenvalue weighted by Crippen LogP contribution is -2.30. The summed E-state index contributed by atoms with van der Waals surface area (Å²) in [5.41, 5.74) is 0.478. The van der Waals surface area contributed by atoms with Crippen molar-refractivity contribution in [3.05, 3.63) is 45.5 Å². The van der Waals surface area contributed by atoms with Crippen molar-refractivity contribution in [2.45, 2.75) is 19.9 Å². The molecular weight excluding hydrogens is 246 g/mol. The number of carbonyl (C=O) groups excluding carboxylic acids is 1. The van der Waals surface area contributed by atoms with Crippen LogP contribution in [-0.4, -0.2) is 16.9 Å². The molecule has 0 aliphatic heterocycles. The van der Waals surface area contributed by atoms with E-state index in [1.165, 1.54) is 30.3 Å². The van der Waals surface area contributed by atoms with Gasteiger partial charge in [0.25, 0.3) is 11.6 Å². The van der Waals surface area contributed by atoms with Gasteiger partial charge in [0.2, 0.25) is 0 Å². The van der Waals surface area contributed by atoms with Crippen LogP contribution >= 0.6 is 0 Å². The molecule has 0 atom stereocenters. The second kappa shape index (κ2) is 6.31. The molecule has 6 nitrogen and oxygen atoms in total. The number of non-ortho nitro benzene ring substituents is 1. The quantitative estimate of drug-likeness (QED) is 0.387. The number of nitro groups is 1. The molecule has 1 aromatic carbocycles. The maximum absolute atomic E-state index is 11.7. The second-order valence-electron chi connectivity index (χ2n) is 4.15. The highest BCUT2D eigenvalue weighted by Crippen LogP contribution is 2.14. The van der Waals surface area contributed by atoms with Crippen molar-refractivity contribution in [2.24, 2.45) is 0 Å². The molecule has 6 heteroatoms. The Balaban J connectivity index is 2.95. The smallest absolute Gasteiger partial charge is 0.269 e. The average molecular weight is 259 g/mol. The molecule has 0 aromatic heterocycles. The largest absolute Gasteiger partial charge is 0.349 e. The Hall–Kier alpha value is -2.68. The van der Waals surface area contributed by atoms with Gasteiger partial charge in [-0.15, -0.1) is 0 Å². The first kappa shape index (κ1) is 14.4. The van der Waals surface area contributed by atoms with Gasteiger partial charge in [-0.2, -0.15) is 5.26 Å². The van der Waals surface area contributed by atoms with Gasteiger partial charge < -0.3 is 5.32 Å². The van der Waals surface area contributed by atoms with Crippen LogP contribution in [0.2, 0.25) is 0 Å². The van der Waals surface area contributed by atoms with Crippen molar-refractivity contribution in [3.63, 3.8) is 0 Å². The van der Waals surface area contributed by atoms with Crippen molar-refractivity contribution in [1.29, 1.82) is 5.26 Å². The van der Waals surface area contributed by atoms with Gasteiger partial charge in [-0.1, -0.05) is 0 Å². The number of benzene rings is 1. The third kappa shape index (κ3) is 4.24. The molecule has 0 saturated carbocycles. The van der Waals surface area contributed by atoms with Crippen molar-refractivity contribution >= 4 is 17.7 Å². The number of carbonyl (C=O) groups is 1. The van der Waals surface area contributed by atoms with E-state index >= 15 is 0 Å². The summed E-state index contributed by atoms with van der Waals surface area (Å²) < 4.78 is 0. The van der Waals surface area contributed by atoms with Gasteiger partial charge in [0.15, 0.2) is 0 Å². The summed E-state index contributed by atoms with van der Waals surface area (Å²) in [4.78, 5) is 21.6. The minimum absolute atomic E-state index is 0.0393. The molecular formula is C13H13N3O3. The average Bonchev–Trinajstić information content (AvgIpc) is 2.35. The molecule has 0 aliphatic rings. The maximum Gasteiger partial charge on any atom is 0.269 e. The molecule has 0 unspecified atom stereocenters. The Kier molecular flexibility index (Phi) is 4.77. The monoisotopic (exact) mass is 259 g/mol. The molecule has 0 heterocycles. The molecule has 1 N–H and O–H groups in total. The third-order valence-electron chi connectivity index (χ3n) is 2.20. The fourth-order valence-electron chi connectivity index (χ4n) is 1.35. The topological polar surface area (TPSA) is 96.0 Å². The summed E-state index contributed by atoms with van der Waals surface area (Å²) in [6, 6.07) is 7.35. The van der Waals surface area contributed by atoms with E-state index < -0.39 is 10.8 Å². The molecule has 1 amide bonds. The summed E-state index contributed by atoms with van der Waals surface area (Å²) in [5.74, 6) is -0.462. The fraction of sp³-hybridized carbons (Fsp3) is 0.231. The van der Waals surface area contributed by atoms with Gasteiger partial charge in [-0.05, 0) is 37.6 Å². The Morgan fingerprint density at radius 3 is 2.42 bits per heavy atom. The number of hydrogen-bond donors (Lipinski definition) is 1. The van der Waals surface area contributed by atoms with Gasteiger partial charge in [-0.25, -0.2) is 0 Å². The number of nitrogens with one attached hydrogen (secondary N) is 1. The fourth-order valence-corrected chi connectivity index (χ4v) is 1.35. The predicted octanol–water partition coefficient (Wildman–Crippen LogP) is 2.03. The van der Waals surface area contributed by atoms with E-state index in [1.54, 1.807) is 13.8 Å². The van der Waals surface area contributed by atoms with Crippen LogP contribution in [0.1, 0.15) is 19.4 Å². The van der Waals surface area contributed by atoms with E-state index in [2.05, 4.69) is 5.32 Å². The zero-order chi connectivity index (χ0) is 14.4. The minimum Gasteiger partial charge on any atom is -0.349 e. The molecule has 0 radical (unpaired) electrons.